The highest BCUT2D eigenvalue weighted by Crippen LogP contribution is 2.32. The molecule has 1 aliphatic heterocycles. The predicted molar refractivity (Wildman–Crippen MR) is 135 cm³/mol. The van der Waals surface area contributed by atoms with Gasteiger partial charge in [0.2, 0.25) is 6.29 Å². The average Bonchev–Trinajstić information content (AvgIpc) is 2.86. The number of hydrogen-bond donors (Lipinski definition) is 1. The van der Waals surface area contributed by atoms with Gasteiger partial charge in [0.25, 0.3) is 10.1 Å². The molecule has 2 aromatic carbocycles. The van der Waals surface area contributed by atoms with Gasteiger partial charge in [-0.05, 0) is 71.5 Å². The van der Waals surface area contributed by atoms with E-state index >= 15 is 0 Å². The van der Waals surface area contributed by atoms with Gasteiger partial charge in [-0.3, -0.25) is 8.98 Å². The van der Waals surface area contributed by atoms with Crippen molar-refractivity contribution in [1.82, 2.24) is 0 Å². The van der Waals surface area contributed by atoms with Crippen LogP contribution in [0.4, 0.5) is 13.2 Å². The molecule has 0 aliphatic carbocycles. The first-order valence-corrected chi connectivity index (χ1v) is 13.9. The molecule has 2 aromatic rings. The van der Waals surface area contributed by atoms with Gasteiger partial charge in [0, 0.05) is 17.1 Å². The van der Waals surface area contributed by atoms with E-state index in [0.29, 0.717) is 18.2 Å². The molecule has 1 fully saturated rings. The molecule has 1 heterocycles. The van der Waals surface area contributed by atoms with Crippen molar-refractivity contribution in [3.8, 4) is 5.75 Å². The summed E-state index contributed by atoms with van der Waals surface area (Å²) in [6.07, 6.45) is -10.9. The van der Waals surface area contributed by atoms with Crippen molar-refractivity contribution in [3.05, 3.63) is 57.7 Å². The number of rotatable bonds is 10. The lowest BCUT2D eigenvalue weighted by Crippen LogP contribution is -2.62. The number of esters is 1. The van der Waals surface area contributed by atoms with Gasteiger partial charge in [-0.2, -0.15) is 21.6 Å². The van der Waals surface area contributed by atoms with Gasteiger partial charge >= 0.3 is 12.1 Å². The fraction of sp³-hybridized carbons (Fsp3) is 0.458. The number of carbonyl (C=O) groups is 1. The van der Waals surface area contributed by atoms with Gasteiger partial charge < -0.3 is 24.1 Å². The van der Waals surface area contributed by atoms with Crippen LogP contribution in [0.2, 0.25) is 0 Å². The van der Waals surface area contributed by atoms with Crippen molar-refractivity contribution < 1.29 is 54.6 Å². The molecule has 1 saturated heterocycles. The lowest BCUT2D eigenvalue weighted by molar-refractivity contribution is -0.285. The Morgan fingerprint density at radius 2 is 1.82 bits per heavy atom. The van der Waals surface area contributed by atoms with Crippen LogP contribution in [0.5, 0.6) is 5.75 Å². The molecule has 0 spiro atoms. The maximum Gasteiger partial charge on any atom is 0.416 e. The van der Waals surface area contributed by atoms with Crippen molar-refractivity contribution in [2.45, 2.75) is 61.5 Å². The van der Waals surface area contributed by atoms with E-state index in [1.54, 1.807) is 31.2 Å². The van der Waals surface area contributed by atoms with Crippen molar-refractivity contribution in [2.24, 2.45) is 0 Å². The maximum atomic E-state index is 13.0. The Kier molecular flexibility index (Phi) is 10.4. The van der Waals surface area contributed by atoms with E-state index in [4.69, 9.17) is 23.1 Å². The molecule has 210 valence electrons. The molecular weight excluding hydrogens is 648 g/mol. The number of aliphatic hydroxyl groups excluding tert-OH is 1. The topological polar surface area (TPSA) is 118 Å². The number of carbonyl (C=O) groups excluding carboxylic acids is 1. The lowest BCUT2D eigenvalue weighted by Gasteiger charge is -2.43. The maximum absolute atomic E-state index is 13.0. The highest BCUT2D eigenvalue weighted by Gasteiger charge is 2.49. The van der Waals surface area contributed by atoms with E-state index in [2.05, 4.69) is 22.6 Å². The first kappa shape index (κ1) is 30.6. The van der Waals surface area contributed by atoms with Crippen molar-refractivity contribution in [3.63, 3.8) is 0 Å². The number of methoxy groups -OCH3 is 1. The summed E-state index contributed by atoms with van der Waals surface area (Å²) < 4.78 is 92.7. The molecule has 14 heteroatoms. The molecule has 1 aliphatic rings. The van der Waals surface area contributed by atoms with Crippen LogP contribution < -0.4 is 4.74 Å². The quantitative estimate of drug-likeness (QED) is 0.228. The van der Waals surface area contributed by atoms with Crippen molar-refractivity contribution in [2.75, 3.05) is 13.7 Å². The monoisotopic (exact) mass is 674 g/mol. The van der Waals surface area contributed by atoms with Crippen LogP contribution >= 0.6 is 22.6 Å². The van der Waals surface area contributed by atoms with Crippen LogP contribution in [0, 0.1) is 3.57 Å². The minimum absolute atomic E-state index is 0.0844. The summed E-state index contributed by atoms with van der Waals surface area (Å²) in [6.45, 7) is 0.987. The Hall–Kier alpha value is -1.98. The Bertz CT molecular complexity index is 1190. The number of ether oxygens (including phenoxy) is 4. The number of halogens is 4. The Morgan fingerprint density at radius 3 is 2.42 bits per heavy atom. The fourth-order valence-electron chi connectivity index (χ4n) is 3.63. The van der Waals surface area contributed by atoms with Gasteiger partial charge in [0.1, 0.15) is 24.1 Å². The molecule has 5 unspecified atom stereocenters. The molecular formula is C24H26F3IO9S. The standard InChI is InChI=1S/C24H26F3IO9S/c1-3-5-19(29)37-22-21(33-2)20(30)18(36-23(22)35-16-10-8-15(28)9-11-16)13-34-38(31,32)17-7-4-6-14(12-17)24(25,26)27/h4,6-12,18,20-23,30H,3,5,13H2,1-2H3. The minimum atomic E-state index is -4.76. The molecule has 0 amide bonds. The van der Waals surface area contributed by atoms with Crippen LogP contribution in [0.3, 0.4) is 0 Å². The fourth-order valence-corrected chi connectivity index (χ4v) is 4.96. The normalized spacial score (nSPS) is 24.1. The van der Waals surface area contributed by atoms with E-state index in [-0.39, 0.29) is 6.42 Å². The minimum Gasteiger partial charge on any atom is -0.461 e. The van der Waals surface area contributed by atoms with Crippen LogP contribution in [0.25, 0.3) is 0 Å². The van der Waals surface area contributed by atoms with Gasteiger partial charge in [-0.15, -0.1) is 0 Å². The zero-order valence-electron chi connectivity index (χ0n) is 20.3. The Labute approximate surface area is 231 Å². The number of aliphatic hydroxyl groups is 1. The van der Waals surface area contributed by atoms with Crippen molar-refractivity contribution >= 4 is 38.7 Å². The molecule has 0 radical (unpaired) electrons. The molecule has 0 saturated carbocycles. The molecule has 0 bridgehead atoms. The molecule has 1 N–H and O–H groups in total. The Balaban J connectivity index is 1.83. The smallest absolute Gasteiger partial charge is 0.416 e. The summed E-state index contributed by atoms with van der Waals surface area (Å²) >= 11 is 2.10. The van der Waals surface area contributed by atoms with E-state index in [0.717, 1.165) is 21.8 Å². The number of benzene rings is 2. The van der Waals surface area contributed by atoms with Crippen LogP contribution in [-0.2, 0) is 39.5 Å². The summed E-state index contributed by atoms with van der Waals surface area (Å²) in [6, 6.07) is 9.82. The van der Waals surface area contributed by atoms with E-state index in [1.807, 2.05) is 0 Å². The third-order valence-electron chi connectivity index (χ3n) is 5.52. The second kappa shape index (κ2) is 12.9. The van der Waals surface area contributed by atoms with E-state index in [9.17, 15) is 31.5 Å². The first-order chi connectivity index (χ1) is 17.9. The molecule has 38 heavy (non-hydrogen) atoms. The van der Waals surface area contributed by atoms with Crippen LogP contribution in [-0.4, -0.2) is 63.9 Å². The Morgan fingerprint density at radius 1 is 1.13 bits per heavy atom. The average molecular weight is 674 g/mol. The summed E-state index contributed by atoms with van der Waals surface area (Å²) in [5.41, 5.74) is -1.17. The largest absolute Gasteiger partial charge is 0.461 e. The van der Waals surface area contributed by atoms with Crippen LogP contribution in [0.15, 0.2) is 53.4 Å². The summed E-state index contributed by atoms with van der Waals surface area (Å²) in [5, 5.41) is 10.9. The SMILES string of the molecule is CCCC(=O)OC1C(Oc2ccc(I)cc2)OC(COS(=O)(=O)c2cccc(C(F)(F)F)c2)C(O)C1OC. The third-order valence-corrected chi connectivity index (χ3v) is 7.51. The summed E-state index contributed by atoms with van der Waals surface area (Å²) in [5.74, 6) is -0.261. The van der Waals surface area contributed by atoms with Gasteiger partial charge in [-0.1, -0.05) is 13.0 Å². The third kappa shape index (κ3) is 7.79. The van der Waals surface area contributed by atoms with Crippen molar-refractivity contribution in [1.29, 1.82) is 0 Å². The second-order valence-electron chi connectivity index (χ2n) is 8.27. The zero-order chi connectivity index (χ0) is 28.1. The first-order valence-electron chi connectivity index (χ1n) is 11.4. The highest BCUT2D eigenvalue weighted by atomic mass is 127. The zero-order valence-corrected chi connectivity index (χ0v) is 23.2. The number of alkyl halides is 3. The summed E-state index contributed by atoms with van der Waals surface area (Å²) in [4.78, 5) is 11.5. The molecule has 5 atom stereocenters. The number of hydrogen-bond acceptors (Lipinski definition) is 9. The summed E-state index contributed by atoms with van der Waals surface area (Å²) in [7, 11) is -3.42. The lowest BCUT2D eigenvalue weighted by atomic mass is 9.98. The second-order valence-corrected chi connectivity index (χ2v) is 11.1. The van der Waals surface area contributed by atoms with E-state index < -0.39 is 70.0 Å². The highest BCUT2D eigenvalue weighted by molar-refractivity contribution is 14.1. The van der Waals surface area contributed by atoms with Gasteiger partial charge in [0.15, 0.2) is 6.10 Å². The molecule has 3 rings (SSSR count). The van der Waals surface area contributed by atoms with Crippen LogP contribution in [0.1, 0.15) is 25.3 Å². The molecule has 0 aromatic heterocycles. The van der Waals surface area contributed by atoms with Gasteiger partial charge in [-0.25, -0.2) is 0 Å². The predicted octanol–water partition coefficient (Wildman–Crippen LogP) is 3.91. The van der Waals surface area contributed by atoms with Gasteiger partial charge in [0.05, 0.1) is 17.1 Å². The van der Waals surface area contributed by atoms with E-state index in [1.165, 1.54) is 7.11 Å². The molecule has 9 nitrogen and oxygen atoms in total.